The van der Waals surface area contributed by atoms with Gasteiger partial charge in [-0.05, 0) is 37.1 Å². The summed E-state index contributed by atoms with van der Waals surface area (Å²) in [5.41, 5.74) is -0.306. The lowest BCUT2D eigenvalue weighted by Crippen LogP contribution is -2.52. The number of fused-ring (bicyclic) bond motifs is 2. The summed E-state index contributed by atoms with van der Waals surface area (Å²) in [5.74, 6) is 0.721. The van der Waals surface area contributed by atoms with Crippen molar-refractivity contribution < 1.29 is 9.90 Å². The van der Waals surface area contributed by atoms with Gasteiger partial charge in [-0.1, -0.05) is 11.6 Å². The first-order valence-electron chi connectivity index (χ1n) is 8.26. The molecular formula is C18H20ClN3O2. The van der Waals surface area contributed by atoms with Gasteiger partial charge in [0.05, 0.1) is 0 Å². The van der Waals surface area contributed by atoms with E-state index in [2.05, 4.69) is 4.98 Å². The molecule has 3 atom stereocenters. The van der Waals surface area contributed by atoms with Crippen molar-refractivity contribution in [3.8, 4) is 0 Å². The van der Waals surface area contributed by atoms with Crippen molar-refractivity contribution >= 4 is 17.5 Å². The highest BCUT2D eigenvalue weighted by molar-refractivity contribution is 6.30. The molecule has 5 nitrogen and oxygen atoms in total. The molecule has 0 radical (unpaired) electrons. The molecule has 2 aliphatic rings. The molecule has 0 saturated carbocycles. The van der Waals surface area contributed by atoms with Gasteiger partial charge in [0.2, 0.25) is 0 Å². The molecule has 1 N–H and O–H groups in total. The Morgan fingerprint density at radius 2 is 1.88 bits per heavy atom. The quantitative estimate of drug-likeness (QED) is 0.910. The number of aliphatic hydroxyl groups is 1. The van der Waals surface area contributed by atoms with Crippen LogP contribution in [0.3, 0.4) is 0 Å². The summed E-state index contributed by atoms with van der Waals surface area (Å²) in [6.45, 7) is 0. The maximum absolute atomic E-state index is 12.9. The number of piperidine rings is 1. The van der Waals surface area contributed by atoms with Crippen molar-refractivity contribution in [2.24, 2.45) is 7.05 Å². The number of halogens is 1. The van der Waals surface area contributed by atoms with Crippen LogP contribution in [0.1, 0.15) is 41.9 Å². The van der Waals surface area contributed by atoms with Gasteiger partial charge in [-0.15, -0.1) is 0 Å². The summed E-state index contributed by atoms with van der Waals surface area (Å²) in [7, 11) is 1.90. The van der Waals surface area contributed by atoms with E-state index in [1.54, 1.807) is 30.5 Å². The number of hydrogen-bond donors (Lipinski definition) is 1. The molecule has 1 amide bonds. The van der Waals surface area contributed by atoms with E-state index in [0.29, 0.717) is 29.3 Å². The minimum atomic E-state index is -0.957. The second-order valence-corrected chi connectivity index (χ2v) is 7.34. The van der Waals surface area contributed by atoms with Crippen molar-refractivity contribution in [2.75, 3.05) is 0 Å². The fourth-order valence-corrected chi connectivity index (χ4v) is 4.42. The van der Waals surface area contributed by atoms with Gasteiger partial charge in [-0.2, -0.15) is 0 Å². The Morgan fingerprint density at radius 1 is 1.25 bits per heavy atom. The first kappa shape index (κ1) is 15.7. The van der Waals surface area contributed by atoms with E-state index in [1.807, 2.05) is 22.7 Å². The molecule has 1 aromatic carbocycles. The van der Waals surface area contributed by atoms with Gasteiger partial charge < -0.3 is 14.6 Å². The molecule has 2 aliphatic heterocycles. The molecule has 2 saturated heterocycles. The van der Waals surface area contributed by atoms with Crippen LogP contribution in [-0.4, -0.2) is 37.5 Å². The van der Waals surface area contributed by atoms with E-state index in [9.17, 15) is 9.90 Å². The first-order valence-corrected chi connectivity index (χ1v) is 8.64. The fourth-order valence-electron chi connectivity index (χ4n) is 4.29. The van der Waals surface area contributed by atoms with Crippen molar-refractivity contribution in [3.63, 3.8) is 0 Å². The minimum Gasteiger partial charge on any atom is -0.382 e. The standard InChI is InChI=1S/C18H20ClN3O2/c1-21-9-8-20-17(21)18(24)10-14-6-7-15(11-18)22(14)16(23)12-2-4-13(19)5-3-12/h2-5,8-9,14-15,24H,6-7,10-11H2,1H3/t14-,15+,18?. The Bertz CT molecular complexity index is 757. The molecule has 2 fully saturated rings. The second kappa shape index (κ2) is 5.60. The van der Waals surface area contributed by atoms with Crippen molar-refractivity contribution in [1.29, 1.82) is 0 Å². The average Bonchev–Trinajstić information content (AvgIpc) is 3.10. The SMILES string of the molecule is Cn1ccnc1C1(O)C[C@H]2CC[C@@H](C1)N2C(=O)c1ccc(Cl)cc1. The third-order valence-corrected chi connectivity index (χ3v) is 5.58. The van der Waals surface area contributed by atoms with Gasteiger partial charge in [0.25, 0.3) is 5.91 Å². The smallest absolute Gasteiger partial charge is 0.254 e. The third kappa shape index (κ3) is 2.43. The monoisotopic (exact) mass is 345 g/mol. The molecule has 2 aromatic rings. The number of hydrogen-bond acceptors (Lipinski definition) is 3. The van der Waals surface area contributed by atoms with Crippen molar-refractivity contribution in [3.05, 3.63) is 53.1 Å². The highest BCUT2D eigenvalue weighted by atomic mass is 35.5. The zero-order valence-electron chi connectivity index (χ0n) is 13.5. The van der Waals surface area contributed by atoms with Gasteiger partial charge in [0.1, 0.15) is 11.4 Å². The van der Waals surface area contributed by atoms with E-state index in [1.165, 1.54) is 0 Å². The van der Waals surface area contributed by atoms with Crippen LogP contribution in [0.15, 0.2) is 36.7 Å². The number of benzene rings is 1. The van der Waals surface area contributed by atoms with Crippen LogP contribution < -0.4 is 0 Å². The maximum atomic E-state index is 12.9. The Kier molecular flexibility index (Phi) is 3.66. The van der Waals surface area contributed by atoms with Crippen LogP contribution in [-0.2, 0) is 12.6 Å². The first-order chi connectivity index (χ1) is 11.5. The minimum absolute atomic E-state index is 0.0288. The predicted octanol–water partition coefficient (Wildman–Crippen LogP) is 2.73. The highest BCUT2D eigenvalue weighted by Gasteiger charge is 2.51. The molecule has 1 aromatic heterocycles. The maximum Gasteiger partial charge on any atom is 0.254 e. The molecule has 3 heterocycles. The molecule has 4 rings (SSSR count). The normalized spacial score (nSPS) is 29.0. The lowest BCUT2D eigenvalue weighted by Gasteiger charge is -2.43. The summed E-state index contributed by atoms with van der Waals surface area (Å²) in [6, 6.07) is 7.12. The lowest BCUT2D eigenvalue weighted by atomic mass is 9.85. The van der Waals surface area contributed by atoms with Gasteiger partial charge in [-0.3, -0.25) is 4.79 Å². The Balaban J connectivity index is 1.60. The summed E-state index contributed by atoms with van der Waals surface area (Å²) in [4.78, 5) is 19.2. The third-order valence-electron chi connectivity index (χ3n) is 5.33. The van der Waals surface area contributed by atoms with E-state index < -0.39 is 5.60 Å². The predicted molar refractivity (Wildman–Crippen MR) is 90.8 cm³/mol. The Labute approximate surface area is 145 Å². The molecule has 1 unspecified atom stereocenters. The Morgan fingerprint density at radius 3 is 2.42 bits per heavy atom. The van der Waals surface area contributed by atoms with Crippen LogP contribution in [0, 0.1) is 0 Å². The Hall–Kier alpha value is -1.85. The van der Waals surface area contributed by atoms with Crippen LogP contribution >= 0.6 is 11.6 Å². The molecular weight excluding hydrogens is 326 g/mol. The molecule has 24 heavy (non-hydrogen) atoms. The zero-order valence-corrected chi connectivity index (χ0v) is 14.3. The topological polar surface area (TPSA) is 58.4 Å². The van der Waals surface area contributed by atoms with Crippen LogP contribution in [0.4, 0.5) is 0 Å². The van der Waals surface area contributed by atoms with Crippen molar-refractivity contribution in [2.45, 2.75) is 43.4 Å². The molecule has 126 valence electrons. The number of imidazole rings is 1. The van der Waals surface area contributed by atoms with Gasteiger partial charge in [0.15, 0.2) is 0 Å². The lowest BCUT2D eigenvalue weighted by molar-refractivity contribution is -0.0555. The molecule has 2 bridgehead atoms. The second-order valence-electron chi connectivity index (χ2n) is 6.91. The zero-order chi connectivity index (χ0) is 16.9. The number of rotatable bonds is 2. The van der Waals surface area contributed by atoms with E-state index in [-0.39, 0.29) is 18.0 Å². The van der Waals surface area contributed by atoms with Crippen LogP contribution in [0.25, 0.3) is 0 Å². The summed E-state index contributed by atoms with van der Waals surface area (Å²) < 4.78 is 1.87. The van der Waals surface area contributed by atoms with Crippen LogP contribution in [0.5, 0.6) is 0 Å². The number of carbonyl (C=O) groups excluding carboxylic acids is 1. The van der Waals surface area contributed by atoms with Gasteiger partial charge >= 0.3 is 0 Å². The van der Waals surface area contributed by atoms with E-state index in [4.69, 9.17) is 11.6 Å². The van der Waals surface area contributed by atoms with Crippen molar-refractivity contribution in [1.82, 2.24) is 14.5 Å². The van der Waals surface area contributed by atoms with E-state index >= 15 is 0 Å². The molecule has 6 heteroatoms. The van der Waals surface area contributed by atoms with Gasteiger partial charge in [0, 0.05) is 55.0 Å². The summed E-state index contributed by atoms with van der Waals surface area (Å²) in [6.07, 6.45) is 6.48. The number of amides is 1. The number of nitrogens with zero attached hydrogens (tertiary/aromatic N) is 3. The molecule has 0 aliphatic carbocycles. The number of carbonyl (C=O) groups is 1. The number of aromatic nitrogens is 2. The van der Waals surface area contributed by atoms with Gasteiger partial charge in [-0.25, -0.2) is 4.98 Å². The summed E-state index contributed by atoms with van der Waals surface area (Å²) >= 11 is 5.91. The van der Waals surface area contributed by atoms with E-state index in [0.717, 1.165) is 12.8 Å². The molecule has 0 spiro atoms. The number of aryl methyl sites for hydroxylation is 1. The highest BCUT2D eigenvalue weighted by Crippen LogP contribution is 2.45. The van der Waals surface area contributed by atoms with Crippen LogP contribution in [0.2, 0.25) is 5.02 Å². The largest absolute Gasteiger partial charge is 0.382 e. The average molecular weight is 346 g/mol. The summed E-state index contributed by atoms with van der Waals surface area (Å²) in [5, 5.41) is 11.8. The fraction of sp³-hybridized carbons (Fsp3) is 0.444.